The molecule has 27 heavy (non-hydrogen) atoms. The summed E-state index contributed by atoms with van der Waals surface area (Å²) in [7, 11) is 0. The molecule has 0 aliphatic carbocycles. The maximum absolute atomic E-state index is 13.3. The highest BCUT2D eigenvalue weighted by atomic mass is 16.6. The summed E-state index contributed by atoms with van der Waals surface area (Å²) in [6.45, 7) is 12.5. The maximum atomic E-state index is 13.3. The Morgan fingerprint density at radius 2 is 1.89 bits per heavy atom. The summed E-state index contributed by atoms with van der Waals surface area (Å²) in [5, 5.41) is 7.32. The van der Waals surface area contributed by atoms with Crippen LogP contribution in [0, 0.1) is 11.3 Å². The molecule has 0 aromatic heterocycles. The summed E-state index contributed by atoms with van der Waals surface area (Å²) in [6.07, 6.45) is -0.477. The van der Waals surface area contributed by atoms with Crippen molar-refractivity contribution in [2.24, 2.45) is 16.5 Å². The van der Waals surface area contributed by atoms with Gasteiger partial charge in [-0.25, -0.2) is 10.0 Å². The lowest BCUT2D eigenvalue weighted by molar-refractivity contribution is -0.170. The first-order valence-electron chi connectivity index (χ1n) is 9.45. The monoisotopic (exact) mass is 371 g/mol. The van der Waals surface area contributed by atoms with E-state index in [2.05, 4.69) is 5.16 Å². The van der Waals surface area contributed by atoms with E-state index in [-0.39, 0.29) is 23.1 Å². The van der Waals surface area contributed by atoms with Gasteiger partial charge < -0.3 is 4.84 Å². The third kappa shape index (κ3) is 3.63. The first kappa shape index (κ1) is 19.5. The third-order valence-corrected chi connectivity index (χ3v) is 5.31. The van der Waals surface area contributed by atoms with Gasteiger partial charge in [-0.1, -0.05) is 63.2 Å². The number of oxime groups is 1. The molecule has 0 N–H and O–H groups in total. The molecule has 0 spiro atoms. The predicted molar refractivity (Wildman–Crippen MR) is 103 cm³/mol. The van der Waals surface area contributed by atoms with E-state index in [0.29, 0.717) is 13.0 Å². The fourth-order valence-electron chi connectivity index (χ4n) is 3.86. The van der Waals surface area contributed by atoms with Crippen LogP contribution in [0.15, 0.2) is 35.5 Å². The first-order valence-corrected chi connectivity index (χ1v) is 9.45. The first-order chi connectivity index (χ1) is 12.5. The van der Waals surface area contributed by atoms with E-state index in [0.717, 1.165) is 11.3 Å². The van der Waals surface area contributed by atoms with Crippen molar-refractivity contribution in [1.82, 2.24) is 10.0 Å². The van der Waals surface area contributed by atoms with E-state index < -0.39 is 11.6 Å². The van der Waals surface area contributed by atoms with Gasteiger partial charge in [-0.05, 0) is 19.4 Å². The highest BCUT2D eigenvalue weighted by Gasteiger charge is 2.51. The van der Waals surface area contributed by atoms with Gasteiger partial charge in [0.15, 0.2) is 0 Å². The van der Waals surface area contributed by atoms with Gasteiger partial charge in [-0.15, -0.1) is 0 Å². The van der Waals surface area contributed by atoms with Crippen LogP contribution in [-0.2, 0) is 21.0 Å². The van der Waals surface area contributed by atoms with E-state index in [1.807, 2.05) is 76.9 Å². The summed E-state index contributed by atoms with van der Waals surface area (Å²) in [6, 6.07) is 9.86. The second-order valence-electron chi connectivity index (χ2n) is 9.12. The normalized spacial score (nSPS) is 25.5. The second kappa shape index (κ2) is 6.75. The maximum Gasteiger partial charge on any atom is 0.288 e. The molecule has 0 unspecified atom stereocenters. The van der Waals surface area contributed by atoms with E-state index in [9.17, 15) is 9.59 Å². The molecule has 146 valence electrons. The summed E-state index contributed by atoms with van der Waals surface area (Å²) in [5.41, 5.74) is 1.26. The van der Waals surface area contributed by atoms with Crippen LogP contribution in [0.3, 0.4) is 0 Å². The van der Waals surface area contributed by atoms with Crippen LogP contribution in [0.1, 0.15) is 53.5 Å². The topological polar surface area (TPSA) is 62.2 Å². The second-order valence-corrected chi connectivity index (χ2v) is 9.12. The molecule has 6 nitrogen and oxygen atoms in total. The van der Waals surface area contributed by atoms with Crippen molar-refractivity contribution < 1.29 is 14.4 Å². The van der Waals surface area contributed by atoms with Gasteiger partial charge in [0.05, 0.1) is 5.71 Å². The number of hydrogen-bond acceptors (Lipinski definition) is 5. The molecular weight excluding hydrogens is 342 g/mol. The van der Waals surface area contributed by atoms with Gasteiger partial charge in [-0.2, -0.15) is 0 Å². The number of carbonyl (C=O) groups excluding carboxylic acids is 2. The average molecular weight is 371 g/mol. The molecule has 0 bridgehead atoms. The van der Waals surface area contributed by atoms with Crippen LogP contribution in [0.2, 0.25) is 0 Å². The fourth-order valence-corrected chi connectivity index (χ4v) is 3.86. The Morgan fingerprint density at radius 1 is 1.26 bits per heavy atom. The van der Waals surface area contributed by atoms with Crippen molar-refractivity contribution in [3.63, 3.8) is 0 Å². The lowest BCUT2D eigenvalue weighted by Gasteiger charge is -2.36. The molecule has 6 heteroatoms. The number of imide groups is 1. The standard InChI is InChI=1S/C21H29N3O3/c1-14-17(27-22-18(14)20(2,3)4)19(26)24-16(25)12-21(5,6)23(24)13-15-10-8-7-9-11-15/h7-11,14,17H,12-13H2,1-6H3/t14-,17+/m1/s1. The molecule has 2 amide bonds. The summed E-state index contributed by atoms with van der Waals surface area (Å²) in [5.74, 6) is -0.703. The van der Waals surface area contributed by atoms with Crippen LogP contribution in [-0.4, -0.2) is 39.2 Å². The number of hydrazine groups is 1. The Morgan fingerprint density at radius 3 is 2.44 bits per heavy atom. The zero-order valence-electron chi connectivity index (χ0n) is 17.0. The number of amides is 2. The van der Waals surface area contributed by atoms with Crippen LogP contribution in [0.4, 0.5) is 0 Å². The fraction of sp³-hybridized carbons (Fsp3) is 0.571. The summed E-state index contributed by atoms with van der Waals surface area (Å²) < 4.78 is 0. The van der Waals surface area contributed by atoms with Crippen molar-refractivity contribution >= 4 is 17.5 Å². The van der Waals surface area contributed by atoms with E-state index in [4.69, 9.17) is 4.84 Å². The molecular formula is C21H29N3O3. The molecule has 1 saturated heterocycles. The molecule has 3 rings (SSSR count). The zero-order chi connectivity index (χ0) is 20.0. The molecule has 1 fully saturated rings. The quantitative estimate of drug-likeness (QED) is 0.764. The van der Waals surface area contributed by atoms with Crippen LogP contribution >= 0.6 is 0 Å². The predicted octanol–water partition coefficient (Wildman–Crippen LogP) is 3.38. The smallest absolute Gasteiger partial charge is 0.288 e. The molecule has 0 saturated carbocycles. The molecule has 2 heterocycles. The van der Waals surface area contributed by atoms with Gasteiger partial charge in [0.1, 0.15) is 0 Å². The lowest BCUT2D eigenvalue weighted by Crippen LogP contribution is -2.53. The largest absolute Gasteiger partial charge is 0.382 e. The van der Waals surface area contributed by atoms with Crippen molar-refractivity contribution in [2.45, 2.75) is 66.2 Å². The average Bonchev–Trinajstić information content (AvgIpc) is 3.05. The lowest BCUT2D eigenvalue weighted by atomic mass is 9.81. The minimum absolute atomic E-state index is 0.174. The van der Waals surface area contributed by atoms with Crippen LogP contribution < -0.4 is 0 Å². The van der Waals surface area contributed by atoms with E-state index >= 15 is 0 Å². The molecule has 2 atom stereocenters. The Bertz CT molecular complexity index is 765. The number of carbonyl (C=O) groups is 2. The van der Waals surface area contributed by atoms with Crippen molar-refractivity contribution in [3.05, 3.63) is 35.9 Å². The number of rotatable bonds is 3. The summed E-state index contributed by atoms with van der Waals surface area (Å²) >= 11 is 0. The minimum Gasteiger partial charge on any atom is -0.382 e. The molecule has 1 aromatic carbocycles. The molecule has 0 radical (unpaired) electrons. The van der Waals surface area contributed by atoms with Gasteiger partial charge in [0.2, 0.25) is 12.0 Å². The van der Waals surface area contributed by atoms with Crippen LogP contribution in [0.25, 0.3) is 0 Å². The van der Waals surface area contributed by atoms with Crippen molar-refractivity contribution in [3.8, 4) is 0 Å². The van der Waals surface area contributed by atoms with Gasteiger partial charge in [0, 0.05) is 29.8 Å². The molecule has 2 aliphatic heterocycles. The van der Waals surface area contributed by atoms with Crippen molar-refractivity contribution in [2.75, 3.05) is 0 Å². The van der Waals surface area contributed by atoms with E-state index in [1.54, 1.807) is 0 Å². The van der Waals surface area contributed by atoms with Crippen molar-refractivity contribution in [1.29, 1.82) is 0 Å². The Kier molecular flexibility index (Phi) is 4.89. The highest BCUT2D eigenvalue weighted by molar-refractivity contribution is 6.03. The zero-order valence-corrected chi connectivity index (χ0v) is 17.0. The third-order valence-electron chi connectivity index (χ3n) is 5.31. The minimum atomic E-state index is -0.768. The van der Waals surface area contributed by atoms with Crippen LogP contribution in [0.5, 0.6) is 0 Å². The van der Waals surface area contributed by atoms with E-state index in [1.165, 1.54) is 5.01 Å². The Labute approximate surface area is 161 Å². The molecule has 1 aromatic rings. The summed E-state index contributed by atoms with van der Waals surface area (Å²) in [4.78, 5) is 31.6. The van der Waals surface area contributed by atoms with Gasteiger partial charge in [0.25, 0.3) is 5.91 Å². The van der Waals surface area contributed by atoms with Gasteiger partial charge >= 0.3 is 0 Å². The highest BCUT2D eigenvalue weighted by Crippen LogP contribution is 2.36. The molecule has 2 aliphatic rings. The number of hydrogen-bond donors (Lipinski definition) is 0. The number of benzene rings is 1. The number of nitrogens with zero attached hydrogens (tertiary/aromatic N) is 3. The Hall–Kier alpha value is -2.21. The van der Waals surface area contributed by atoms with Gasteiger partial charge in [-0.3, -0.25) is 9.59 Å². The Balaban J connectivity index is 1.85. The SMILES string of the molecule is C[C@H]1C(C(C)(C)C)=NO[C@@H]1C(=O)N1C(=O)CC(C)(C)N1Cc1ccccc1.